The second-order valence-corrected chi connectivity index (χ2v) is 5.80. The number of rotatable bonds is 7. The van der Waals surface area contributed by atoms with Gasteiger partial charge in [-0.25, -0.2) is 4.79 Å². The molecule has 134 valence electrons. The third kappa shape index (κ3) is 5.56. The van der Waals surface area contributed by atoms with Gasteiger partial charge < -0.3 is 25.4 Å². The zero-order valence-corrected chi connectivity index (χ0v) is 14.1. The van der Waals surface area contributed by atoms with Crippen molar-refractivity contribution >= 4 is 6.09 Å². The monoisotopic (exact) mass is 345 g/mol. The second-order valence-electron chi connectivity index (χ2n) is 5.80. The molecule has 6 heteroatoms. The van der Waals surface area contributed by atoms with Crippen molar-refractivity contribution in [2.45, 2.75) is 32.3 Å². The van der Waals surface area contributed by atoms with Gasteiger partial charge in [-0.1, -0.05) is 48.5 Å². The standard InChI is InChI=1S/C19H23NO5/c1-13-7-8-15(9-16(13)11-21)18(23)17(22)10-20-19(24)25-12-14-5-3-2-4-6-14/h2-9,17-18,21-23H,10-12H2,1H3,(H,20,24). The van der Waals surface area contributed by atoms with Crippen LogP contribution in [0.2, 0.25) is 0 Å². The number of hydrogen-bond donors (Lipinski definition) is 4. The Hall–Kier alpha value is -2.41. The Labute approximate surface area is 146 Å². The fourth-order valence-electron chi connectivity index (χ4n) is 2.34. The maximum absolute atomic E-state index is 11.7. The zero-order chi connectivity index (χ0) is 18.2. The summed E-state index contributed by atoms with van der Waals surface area (Å²) in [6.07, 6.45) is -3.05. The largest absolute Gasteiger partial charge is 0.445 e. The Morgan fingerprint density at radius 3 is 2.56 bits per heavy atom. The predicted molar refractivity (Wildman–Crippen MR) is 92.7 cm³/mol. The predicted octanol–water partition coefficient (Wildman–Crippen LogP) is 1.81. The van der Waals surface area contributed by atoms with Gasteiger partial charge in [-0.05, 0) is 29.2 Å². The second kappa shape index (κ2) is 9.17. The van der Waals surface area contributed by atoms with Crippen molar-refractivity contribution in [3.8, 4) is 0 Å². The first kappa shape index (κ1) is 18.9. The molecule has 2 unspecified atom stereocenters. The van der Waals surface area contributed by atoms with E-state index in [9.17, 15) is 20.1 Å². The van der Waals surface area contributed by atoms with E-state index in [0.29, 0.717) is 11.1 Å². The molecule has 0 saturated heterocycles. The van der Waals surface area contributed by atoms with E-state index in [2.05, 4.69) is 5.32 Å². The highest BCUT2D eigenvalue weighted by molar-refractivity contribution is 5.67. The maximum atomic E-state index is 11.7. The molecule has 2 aromatic rings. The van der Waals surface area contributed by atoms with Gasteiger partial charge in [0.2, 0.25) is 0 Å². The summed E-state index contributed by atoms with van der Waals surface area (Å²) in [5.74, 6) is 0. The van der Waals surface area contributed by atoms with Crippen LogP contribution in [0, 0.1) is 6.92 Å². The van der Waals surface area contributed by atoms with Gasteiger partial charge in [-0.15, -0.1) is 0 Å². The Morgan fingerprint density at radius 1 is 1.16 bits per heavy atom. The molecule has 0 heterocycles. The van der Waals surface area contributed by atoms with E-state index in [-0.39, 0.29) is 19.8 Å². The third-order valence-electron chi connectivity index (χ3n) is 3.92. The molecule has 0 radical (unpaired) electrons. The van der Waals surface area contributed by atoms with Gasteiger partial charge in [0.15, 0.2) is 0 Å². The molecule has 0 fully saturated rings. The SMILES string of the molecule is Cc1ccc(C(O)C(O)CNC(=O)OCc2ccccc2)cc1CO. The van der Waals surface area contributed by atoms with Gasteiger partial charge in [0.25, 0.3) is 0 Å². The Bertz CT molecular complexity index is 689. The minimum absolute atomic E-state index is 0.128. The van der Waals surface area contributed by atoms with Crippen molar-refractivity contribution in [3.05, 3.63) is 70.8 Å². The molecule has 0 aliphatic rings. The van der Waals surface area contributed by atoms with Crippen LogP contribution in [-0.2, 0) is 18.0 Å². The molecule has 2 aromatic carbocycles. The summed E-state index contributed by atoms with van der Waals surface area (Å²) < 4.78 is 5.04. The lowest BCUT2D eigenvalue weighted by Crippen LogP contribution is -2.35. The molecule has 4 N–H and O–H groups in total. The van der Waals surface area contributed by atoms with Crippen molar-refractivity contribution in [2.75, 3.05) is 6.54 Å². The molecular weight excluding hydrogens is 322 g/mol. The topological polar surface area (TPSA) is 99.0 Å². The van der Waals surface area contributed by atoms with E-state index in [4.69, 9.17) is 4.74 Å². The molecule has 25 heavy (non-hydrogen) atoms. The van der Waals surface area contributed by atoms with Gasteiger partial charge in [-0.3, -0.25) is 0 Å². The molecule has 0 bridgehead atoms. The first-order valence-corrected chi connectivity index (χ1v) is 8.02. The number of amides is 1. The quantitative estimate of drug-likeness (QED) is 0.613. The Morgan fingerprint density at radius 2 is 1.88 bits per heavy atom. The van der Waals surface area contributed by atoms with Gasteiger partial charge in [-0.2, -0.15) is 0 Å². The molecule has 6 nitrogen and oxygen atoms in total. The normalized spacial score (nSPS) is 13.1. The number of carbonyl (C=O) groups excluding carboxylic acids is 1. The zero-order valence-electron chi connectivity index (χ0n) is 14.1. The van der Waals surface area contributed by atoms with Gasteiger partial charge in [0.1, 0.15) is 18.8 Å². The van der Waals surface area contributed by atoms with Crippen LogP contribution in [0.25, 0.3) is 0 Å². The Kier molecular flexibility index (Phi) is 6.94. The van der Waals surface area contributed by atoms with Crippen molar-refractivity contribution in [1.29, 1.82) is 0 Å². The molecular formula is C19H23NO5. The number of ether oxygens (including phenoxy) is 1. The number of aliphatic hydroxyl groups is 3. The fraction of sp³-hybridized carbons (Fsp3) is 0.316. The summed E-state index contributed by atoms with van der Waals surface area (Å²) in [6, 6.07) is 14.3. The lowest BCUT2D eigenvalue weighted by molar-refractivity contribution is 0.0183. The molecule has 0 aromatic heterocycles. The first-order chi connectivity index (χ1) is 12.0. The van der Waals surface area contributed by atoms with Crippen molar-refractivity contribution in [2.24, 2.45) is 0 Å². The van der Waals surface area contributed by atoms with Crippen LogP contribution < -0.4 is 5.32 Å². The number of carbonyl (C=O) groups is 1. The van der Waals surface area contributed by atoms with Crippen LogP contribution in [0.4, 0.5) is 4.79 Å². The minimum atomic E-state index is -1.20. The molecule has 0 spiro atoms. The van der Waals surface area contributed by atoms with Crippen molar-refractivity contribution in [3.63, 3.8) is 0 Å². The van der Waals surface area contributed by atoms with Crippen LogP contribution in [0.5, 0.6) is 0 Å². The number of aliphatic hydroxyl groups excluding tert-OH is 3. The summed E-state index contributed by atoms with van der Waals surface area (Å²) >= 11 is 0. The van der Waals surface area contributed by atoms with Crippen LogP contribution >= 0.6 is 0 Å². The number of hydrogen-bond acceptors (Lipinski definition) is 5. The fourth-order valence-corrected chi connectivity index (χ4v) is 2.34. The molecule has 0 aliphatic carbocycles. The van der Waals surface area contributed by atoms with Crippen LogP contribution in [0.15, 0.2) is 48.5 Å². The highest BCUT2D eigenvalue weighted by atomic mass is 16.5. The summed E-state index contributed by atoms with van der Waals surface area (Å²) in [4.78, 5) is 11.7. The van der Waals surface area contributed by atoms with Gasteiger partial charge >= 0.3 is 6.09 Å². The third-order valence-corrected chi connectivity index (χ3v) is 3.92. The van der Waals surface area contributed by atoms with Crippen LogP contribution in [0.1, 0.15) is 28.4 Å². The average molecular weight is 345 g/mol. The van der Waals surface area contributed by atoms with Gasteiger partial charge in [0.05, 0.1) is 6.61 Å². The highest BCUT2D eigenvalue weighted by Gasteiger charge is 2.20. The molecule has 2 rings (SSSR count). The lowest BCUT2D eigenvalue weighted by atomic mass is 9.99. The maximum Gasteiger partial charge on any atom is 0.407 e. The molecule has 0 aliphatic heterocycles. The first-order valence-electron chi connectivity index (χ1n) is 8.02. The number of alkyl carbamates (subject to hydrolysis) is 1. The highest BCUT2D eigenvalue weighted by Crippen LogP contribution is 2.20. The minimum Gasteiger partial charge on any atom is -0.445 e. The van der Waals surface area contributed by atoms with Crippen LogP contribution in [0.3, 0.4) is 0 Å². The Balaban J connectivity index is 1.82. The summed E-state index contributed by atoms with van der Waals surface area (Å²) in [6.45, 7) is 1.68. The van der Waals surface area contributed by atoms with E-state index in [1.54, 1.807) is 18.2 Å². The van der Waals surface area contributed by atoms with E-state index in [1.165, 1.54) is 0 Å². The average Bonchev–Trinajstić information content (AvgIpc) is 2.65. The summed E-state index contributed by atoms with van der Waals surface area (Å²) in [7, 11) is 0. The van der Waals surface area contributed by atoms with E-state index >= 15 is 0 Å². The molecule has 0 saturated carbocycles. The van der Waals surface area contributed by atoms with Crippen LogP contribution in [-0.4, -0.2) is 34.1 Å². The molecule has 2 atom stereocenters. The van der Waals surface area contributed by atoms with E-state index < -0.39 is 18.3 Å². The number of benzene rings is 2. The number of aryl methyl sites for hydroxylation is 1. The van der Waals surface area contributed by atoms with Crippen molar-refractivity contribution in [1.82, 2.24) is 5.32 Å². The van der Waals surface area contributed by atoms with Gasteiger partial charge in [0, 0.05) is 6.54 Å². The van der Waals surface area contributed by atoms with Crippen molar-refractivity contribution < 1.29 is 24.9 Å². The summed E-state index contributed by atoms with van der Waals surface area (Å²) in [5.41, 5.74) is 2.91. The lowest BCUT2D eigenvalue weighted by Gasteiger charge is -2.19. The molecule has 1 amide bonds. The summed E-state index contributed by atoms with van der Waals surface area (Å²) in [5, 5.41) is 31.9. The van der Waals surface area contributed by atoms with E-state index in [0.717, 1.165) is 11.1 Å². The smallest absolute Gasteiger partial charge is 0.407 e. The van der Waals surface area contributed by atoms with E-state index in [1.807, 2.05) is 37.3 Å². The number of nitrogens with one attached hydrogen (secondary N) is 1.